The van der Waals surface area contributed by atoms with Crippen LogP contribution >= 0.6 is 0 Å². The first-order valence-electron chi connectivity index (χ1n) is 6.42. The molecule has 0 spiro atoms. The summed E-state index contributed by atoms with van der Waals surface area (Å²) in [7, 11) is 0. The number of hydrogen-bond donors (Lipinski definition) is 2. The monoisotopic (exact) mass is 281 g/mol. The molecule has 0 atom stereocenters. The Balaban J connectivity index is 2.47. The number of carbonyl (C=O) groups is 2. The van der Waals surface area contributed by atoms with Gasteiger partial charge in [0.05, 0.1) is 6.10 Å². The maximum absolute atomic E-state index is 11.6. The zero-order chi connectivity index (χ0) is 15.0. The molecule has 0 aliphatic carbocycles. The van der Waals surface area contributed by atoms with E-state index in [2.05, 4.69) is 5.32 Å². The van der Waals surface area contributed by atoms with Gasteiger partial charge in [-0.3, -0.25) is 4.79 Å². The second-order valence-electron chi connectivity index (χ2n) is 4.43. The molecule has 0 saturated carbocycles. The third-order valence-electron chi connectivity index (χ3n) is 2.25. The molecule has 1 rings (SSSR count). The Kier molecular flexibility index (Phi) is 6.36. The first kappa shape index (κ1) is 15.8. The predicted molar refractivity (Wildman–Crippen MR) is 73.1 cm³/mol. The highest BCUT2D eigenvalue weighted by atomic mass is 16.6. The molecule has 0 aliphatic rings. The summed E-state index contributed by atoms with van der Waals surface area (Å²) in [6, 6.07) is 6.87. The highest BCUT2D eigenvalue weighted by Crippen LogP contribution is 2.27. The zero-order valence-corrected chi connectivity index (χ0v) is 11.6. The molecule has 0 aromatic heterocycles. The molecule has 1 amide bonds. The van der Waals surface area contributed by atoms with Gasteiger partial charge in [-0.2, -0.15) is 0 Å². The molecule has 6 heteroatoms. The lowest BCUT2D eigenvalue weighted by atomic mass is 10.3. The fourth-order valence-electron chi connectivity index (χ4n) is 1.45. The molecular weight excluding hydrogens is 262 g/mol. The van der Waals surface area contributed by atoms with Crippen LogP contribution in [0.15, 0.2) is 24.3 Å². The molecule has 0 bridgehead atoms. The molecule has 0 radical (unpaired) electrons. The molecule has 20 heavy (non-hydrogen) atoms. The van der Waals surface area contributed by atoms with E-state index in [0.717, 1.165) is 0 Å². The first-order chi connectivity index (χ1) is 9.49. The number of aliphatic carboxylic acids is 1. The number of rotatable bonds is 7. The molecule has 6 nitrogen and oxygen atoms in total. The maximum atomic E-state index is 11.6. The van der Waals surface area contributed by atoms with Gasteiger partial charge >= 0.3 is 12.1 Å². The Morgan fingerprint density at radius 1 is 1.25 bits per heavy atom. The normalized spacial score (nSPS) is 10.2. The van der Waals surface area contributed by atoms with Crippen LogP contribution in [-0.4, -0.2) is 29.8 Å². The SMILES string of the molecule is CC(C)Oc1ccccc1OC(=O)NCCCC(=O)O. The van der Waals surface area contributed by atoms with Crippen molar-refractivity contribution in [3.05, 3.63) is 24.3 Å². The van der Waals surface area contributed by atoms with Crippen molar-refractivity contribution < 1.29 is 24.2 Å². The number of para-hydroxylation sites is 2. The van der Waals surface area contributed by atoms with Gasteiger partial charge in [0.2, 0.25) is 0 Å². The molecular formula is C14H19NO5. The van der Waals surface area contributed by atoms with E-state index in [-0.39, 0.29) is 19.1 Å². The van der Waals surface area contributed by atoms with E-state index >= 15 is 0 Å². The van der Waals surface area contributed by atoms with Crippen molar-refractivity contribution in [3.63, 3.8) is 0 Å². The van der Waals surface area contributed by atoms with Crippen molar-refractivity contribution in [2.24, 2.45) is 0 Å². The summed E-state index contributed by atoms with van der Waals surface area (Å²) in [5, 5.41) is 11.0. The van der Waals surface area contributed by atoms with Crippen molar-refractivity contribution in [1.82, 2.24) is 5.32 Å². The number of hydrogen-bond acceptors (Lipinski definition) is 4. The molecule has 1 aromatic rings. The molecule has 0 saturated heterocycles. The van der Waals surface area contributed by atoms with E-state index in [1.54, 1.807) is 24.3 Å². The van der Waals surface area contributed by atoms with E-state index in [9.17, 15) is 9.59 Å². The highest BCUT2D eigenvalue weighted by Gasteiger charge is 2.10. The van der Waals surface area contributed by atoms with E-state index in [1.165, 1.54) is 0 Å². The fourth-order valence-corrected chi connectivity index (χ4v) is 1.45. The van der Waals surface area contributed by atoms with Gasteiger partial charge in [0, 0.05) is 13.0 Å². The average molecular weight is 281 g/mol. The molecule has 0 heterocycles. The lowest BCUT2D eigenvalue weighted by Crippen LogP contribution is -2.28. The third-order valence-corrected chi connectivity index (χ3v) is 2.25. The van der Waals surface area contributed by atoms with E-state index in [4.69, 9.17) is 14.6 Å². The summed E-state index contributed by atoms with van der Waals surface area (Å²) in [4.78, 5) is 21.9. The highest BCUT2D eigenvalue weighted by molar-refractivity contribution is 5.71. The van der Waals surface area contributed by atoms with Gasteiger partial charge in [-0.15, -0.1) is 0 Å². The van der Waals surface area contributed by atoms with Gasteiger partial charge in [0.1, 0.15) is 0 Å². The lowest BCUT2D eigenvalue weighted by Gasteiger charge is -2.14. The summed E-state index contributed by atoms with van der Waals surface area (Å²) in [5.74, 6) is -0.0732. The summed E-state index contributed by atoms with van der Waals surface area (Å²) < 4.78 is 10.7. The third kappa shape index (κ3) is 6.08. The summed E-state index contributed by atoms with van der Waals surface area (Å²) >= 11 is 0. The van der Waals surface area contributed by atoms with Crippen molar-refractivity contribution in [2.75, 3.05) is 6.54 Å². The fraction of sp³-hybridized carbons (Fsp3) is 0.429. The van der Waals surface area contributed by atoms with Gasteiger partial charge in [0.15, 0.2) is 11.5 Å². The second-order valence-corrected chi connectivity index (χ2v) is 4.43. The Bertz CT molecular complexity index is 459. The number of amides is 1. The van der Waals surface area contributed by atoms with Crippen LogP contribution in [0.5, 0.6) is 11.5 Å². The molecule has 1 aromatic carbocycles. The van der Waals surface area contributed by atoms with Crippen molar-refractivity contribution in [3.8, 4) is 11.5 Å². The van der Waals surface area contributed by atoms with Crippen LogP contribution < -0.4 is 14.8 Å². The van der Waals surface area contributed by atoms with E-state index in [0.29, 0.717) is 17.9 Å². The van der Waals surface area contributed by atoms with Crippen LogP contribution in [0.3, 0.4) is 0 Å². The standard InChI is InChI=1S/C14H19NO5/c1-10(2)19-11-6-3-4-7-12(11)20-14(18)15-9-5-8-13(16)17/h3-4,6-7,10H,5,8-9H2,1-2H3,(H,15,18)(H,16,17). The van der Waals surface area contributed by atoms with Crippen LogP contribution in [0.2, 0.25) is 0 Å². The minimum Gasteiger partial charge on any atom is -0.487 e. The average Bonchev–Trinajstić information content (AvgIpc) is 2.36. The molecule has 2 N–H and O–H groups in total. The number of nitrogens with one attached hydrogen (secondary N) is 1. The van der Waals surface area contributed by atoms with Crippen LogP contribution in [0.1, 0.15) is 26.7 Å². The lowest BCUT2D eigenvalue weighted by molar-refractivity contribution is -0.137. The summed E-state index contributed by atoms with van der Waals surface area (Å²) in [6.07, 6.45) is -0.296. The zero-order valence-electron chi connectivity index (χ0n) is 11.6. The first-order valence-corrected chi connectivity index (χ1v) is 6.42. The Morgan fingerprint density at radius 3 is 2.50 bits per heavy atom. The second kappa shape index (κ2) is 8.04. The minimum absolute atomic E-state index is 0.00727. The number of carbonyl (C=O) groups excluding carboxylic acids is 1. The molecule has 110 valence electrons. The number of benzene rings is 1. The minimum atomic E-state index is -0.893. The van der Waals surface area contributed by atoms with Crippen LogP contribution in [0, 0.1) is 0 Å². The largest absolute Gasteiger partial charge is 0.487 e. The summed E-state index contributed by atoms with van der Waals surface area (Å²) in [5.41, 5.74) is 0. The molecule has 0 unspecified atom stereocenters. The van der Waals surface area contributed by atoms with Crippen molar-refractivity contribution in [2.45, 2.75) is 32.8 Å². The van der Waals surface area contributed by atoms with Gasteiger partial charge in [0.25, 0.3) is 0 Å². The van der Waals surface area contributed by atoms with Crippen LogP contribution in [-0.2, 0) is 4.79 Å². The predicted octanol–water partition coefficient (Wildman–Crippen LogP) is 2.43. The van der Waals surface area contributed by atoms with Gasteiger partial charge in [-0.1, -0.05) is 12.1 Å². The summed E-state index contributed by atoms with van der Waals surface area (Å²) in [6.45, 7) is 4.00. The Morgan fingerprint density at radius 2 is 1.90 bits per heavy atom. The van der Waals surface area contributed by atoms with Gasteiger partial charge in [-0.05, 0) is 32.4 Å². The Hall–Kier alpha value is -2.24. The quantitative estimate of drug-likeness (QED) is 0.750. The number of ether oxygens (including phenoxy) is 2. The maximum Gasteiger partial charge on any atom is 0.412 e. The van der Waals surface area contributed by atoms with Gasteiger partial charge in [-0.25, -0.2) is 4.79 Å². The van der Waals surface area contributed by atoms with E-state index in [1.807, 2.05) is 13.8 Å². The number of carboxylic acids is 1. The van der Waals surface area contributed by atoms with Crippen molar-refractivity contribution >= 4 is 12.1 Å². The smallest absolute Gasteiger partial charge is 0.412 e. The van der Waals surface area contributed by atoms with Crippen LogP contribution in [0.25, 0.3) is 0 Å². The molecule has 0 aliphatic heterocycles. The van der Waals surface area contributed by atoms with Crippen molar-refractivity contribution in [1.29, 1.82) is 0 Å². The molecule has 0 fully saturated rings. The number of carboxylic acid groups (broad SMARTS) is 1. The van der Waals surface area contributed by atoms with E-state index < -0.39 is 12.1 Å². The van der Waals surface area contributed by atoms with Crippen LogP contribution in [0.4, 0.5) is 4.79 Å². The Labute approximate surface area is 117 Å². The topological polar surface area (TPSA) is 84.9 Å². The van der Waals surface area contributed by atoms with Gasteiger partial charge < -0.3 is 19.9 Å².